The van der Waals surface area contributed by atoms with Gasteiger partial charge in [0, 0.05) is 35.4 Å². The maximum atomic E-state index is 13.6. The lowest BCUT2D eigenvalue weighted by molar-refractivity contribution is 0.0994. The molecule has 0 aliphatic rings. The Balaban J connectivity index is 1.90. The third kappa shape index (κ3) is 3.70. The molecule has 0 fully saturated rings. The molecule has 1 amide bonds. The number of aryl methyl sites for hydroxylation is 2. The van der Waals surface area contributed by atoms with Crippen LogP contribution in [0.5, 0.6) is 5.75 Å². The van der Waals surface area contributed by atoms with E-state index in [0.717, 1.165) is 16.8 Å². The summed E-state index contributed by atoms with van der Waals surface area (Å²) in [5.74, 6) is 0.524. The zero-order valence-electron chi connectivity index (χ0n) is 18.0. The van der Waals surface area contributed by atoms with Crippen LogP contribution < -0.4 is 15.2 Å². The molecule has 1 heterocycles. The van der Waals surface area contributed by atoms with E-state index in [9.17, 15) is 9.59 Å². The maximum absolute atomic E-state index is 13.6. The fraction of sp³-hybridized carbons (Fsp3) is 0.154. The summed E-state index contributed by atoms with van der Waals surface area (Å²) in [6, 6.07) is 20.4. The highest BCUT2D eigenvalue weighted by Gasteiger charge is 2.20. The molecule has 4 aromatic rings. The van der Waals surface area contributed by atoms with Crippen molar-refractivity contribution < 1.29 is 9.53 Å². The van der Waals surface area contributed by atoms with Crippen molar-refractivity contribution in [3.05, 3.63) is 100.0 Å². The number of benzene rings is 3. The van der Waals surface area contributed by atoms with Gasteiger partial charge in [-0.05, 0) is 61.4 Å². The highest BCUT2D eigenvalue weighted by Crippen LogP contribution is 2.25. The van der Waals surface area contributed by atoms with E-state index in [2.05, 4.69) is 0 Å². The molecule has 0 atom stereocenters. The van der Waals surface area contributed by atoms with Crippen LogP contribution in [-0.2, 0) is 0 Å². The monoisotopic (exact) mass is 412 g/mol. The van der Waals surface area contributed by atoms with Gasteiger partial charge in [-0.15, -0.1) is 0 Å². The molecule has 0 spiro atoms. The average Bonchev–Trinajstić information content (AvgIpc) is 2.80. The van der Waals surface area contributed by atoms with Crippen molar-refractivity contribution in [1.82, 2.24) is 4.57 Å². The zero-order chi connectivity index (χ0) is 22.1. The van der Waals surface area contributed by atoms with Crippen LogP contribution >= 0.6 is 0 Å². The molecule has 0 unspecified atom stereocenters. The number of carbonyl (C=O) groups excluding carboxylic acids is 1. The largest absolute Gasteiger partial charge is 0.497 e. The van der Waals surface area contributed by atoms with E-state index in [0.29, 0.717) is 27.8 Å². The Labute approximate surface area is 181 Å². The molecule has 31 heavy (non-hydrogen) atoms. The van der Waals surface area contributed by atoms with Crippen molar-refractivity contribution in [3.8, 4) is 11.4 Å². The van der Waals surface area contributed by atoms with Gasteiger partial charge in [0.25, 0.3) is 11.5 Å². The first-order valence-corrected chi connectivity index (χ1v) is 10.0. The molecule has 156 valence electrons. The van der Waals surface area contributed by atoms with Crippen molar-refractivity contribution in [2.75, 3.05) is 19.1 Å². The van der Waals surface area contributed by atoms with Gasteiger partial charge in [-0.25, -0.2) is 0 Å². The quantitative estimate of drug-likeness (QED) is 0.479. The second-order valence-electron chi connectivity index (χ2n) is 7.62. The number of amides is 1. The van der Waals surface area contributed by atoms with E-state index in [4.69, 9.17) is 4.74 Å². The van der Waals surface area contributed by atoms with Gasteiger partial charge in [0.1, 0.15) is 5.75 Å². The lowest BCUT2D eigenvalue weighted by Crippen LogP contribution is -2.29. The molecular weight excluding hydrogens is 388 g/mol. The first-order valence-electron chi connectivity index (χ1n) is 10.0. The Morgan fingerprint density at radius 3 is 2.29 bits per heavy atom. The van der Waals surface area contributed by atoms with E-state index in [1.165, 1.54) is 4.57 Å². The van der Waals surface area contributed by atoms with Crippen LogP contribution in [0.1, 0.15) is 21.5 Å². The lowest BCUT2D eigenvalue weighted by atomic mass is 10.0. The van der Waals surface area contributed by atoms with Gasteiger partial charge in [0.15, 0.2) is 0 Å². The summed E-state index contributed by atoms with van der Waals surface area (Å²) in [7, 11) is 3.36. The molecule has 0 radical (unpaired) electrons. The second-order valence-corrected chi connectivity index (χ2v) is 7.62. The fourth-order valence-electron chi connectivity index (χ4n) is 3.77. The predicted octanol–water partition coefficient (Wildman–Crippen LogP) is 4.89. The van der Waals surface area contributed by atoms with Crippen LogP contribution in [0.2, 0.25) is 0 Å². The number of aromatic nitrogens is 1. The van der Waals surface area contributed by atoms with Crippen molar-refractivity contribution >= 4 is 22.4 Å². The predicted molar refractivity (Wildman–Crippen MR) is 125 cm³/mol. The average molecular weight is 412 g/mol. The van der Waals surface area contributed by atoms with Crippen LogP contribution in [-0.4, -0.2) is 24.6 Å². The maximum Gasteiger partial charge on any atom is 0.262 e. The summed E-state index contributed by atoms with van der Waals surface area (Å²) >= 11 is 0. The summed E-state index contributed by atoms with van der Waals surface area (Å²) in [5, 5.41) is 1.14. The lowest BCUT2D eigenvalue weighted by Gasteiger charge is -2.22. The van der Waals surface area contributed by atoms with Crippen molar-refractivity contribution in [3.63, 3.8) is 0 Å². The van der Waals surface area contributed by atoms with Gasteiger partial charge in [-0.2, -0.15) is 0 Å². The molecule has 0 saturated heterocycles. The molecule has 5 heteroatoms. The minimum atomic E-state index is -0.174. The summed E-state index contributed by atoms with van der Waals surface area (Å²) in [4.78, 5) is 28.5. The summed E-state index contributed by atoms with van der Waals surface area (Å²) in [6.45, 7) is 3.98. The number of hydrogen-bond acceptors (Lipinski definition) is 3. The number of anilines is 1. The number of pyridine rings is 1. The van der Waals surface area contributed by atoms with Crippen LogP contribution in [0, 0.1) is 13.8 Å². The molecule has 3 aromatic carbocycles. The fourth-order valence-corrected chi connectivity index (χ4v) is 3.77. The number of methoxy groups -OCH3 is 1. The number of fused-ring (bicyclic) bond motifs is 1. The number of ether oxygens (including phenoxy) is 1. The normalized spacial score (nSPS) is 10.8. The zero-order valence-corrected chi connectivity index (χ0v) is 18.0. The standard InChI is InChI=1S/C26H24N2O3/c1-17-9-10-18(2)24(15-17)27(3)25(29)23-16-28(19-11-13-20(31-4)14-12-19)26(30)22-8-6-5-7-21(22)23/h5-16H,1-4H3. The second kappa shape index (κ2) is 8.11. The number of hydrogen-bond donors (Lipinski definition) is 0. The van der Waals surface area contributed by atoms with E-state index in [1.54, 1.807) is 55.6 Å². The Morgan fingerprint density at radius 1 is 0.935 bits per heavy atom. The highest BCUT2D eigenvalue weighted by molar-refractivity contribution is 6.13. The molecule has 0 N–H and O–H groups in total. The summed E-state index contributed by atoms with van der Waals surface area (Å²) in [5.41, 5.74) is 3.89. The van der Waals surface area contributed by atoms with E-state index < -0.39 is 0 Å². The molecule has 0 aliphatic carbocycles. The summed E-state index contributed by atoms with van der Waals surface area (Å²) in [6.07, 6.45) is 1.64. The Bertz CT molecular complexity index is 1340. The minimum absolute atomic E-state index is 0.174. The smallest absolute Gasteiger partial charge is 0.262 e. The van der Waals surface area contributed by atoms with Crippen molar-refractivity contribution in [2.24, 2.45) is 0 Å². The van der Waals surface area contributed by atoms with Crippen LogP contribution in [0.4, 0.5) is 5.69 Å². The molecular formula is C26H24N2O3. The number of carbonyl (C=O) groups is 1. The number of nitrogens with zero attached hydrogens (tertiary/aromatic N) is 2. The van der Waals surface area contributed by atoms with Crippen LogP contribution in [0.25, 0.3) is 16.5 Å². The van der Waals surface area contributed by atoms with Crippen LogP contribution in [0.15, 0.2) is 77.7 Å². The molecule has 5 nitrogen and oxygen atoms in total. The van der Waals surface area contributed by atoms with Gasteiger partial charge < -0.3 is 9.64 Å². The van der Waals surface area contributed by atoms with Gasteiger partial charge in [0.05, 0.1) is 12.7 Å². The van der Waals surface area contributed by atoms with Crippen molar-refractivity contribution in [2.45, 2.75) is 13.8 Å². The van der Waals surface area contributed by atoms with E-state index in [-0.39, 0.29) is 11.5 Å². The van der Waals surface area contributed by atoms with E-state index >= 15 is 0 Å². The van der Waals surface area contributed by atoms with Gasteiger partial charge in [-0.1, -0.05) is 30.3 Å². The Morgan fingerprint density at radius 2 is 1.61 bits per heavy atom. The Kier molecular flexibility index (Phi) is 5.34. The molecule has 0 bridgehead atoms. The first kappa shape index (κ1) is 20.4. The molecule has 1 aromatic heterocycles. The molecule has 0 aliphatic heterocycles. The van der Waals surface area contributed by atoms with Gasteiger partial charge in [0.2, 0.25) is 0 Å². The van der Waals surface area contributed by atoms with Gasteiger partial charge >= 0.3 is 0 Å². The Hall–Kier alpha value is -3.86. The van der Waals surface area contributed by atoms with E-state index in [1.807, 2.05) is 50.2 Å². The highest BCUT2D eigenvalue weighted by atomic mass is 16.5. The molecule has 0 saturated carbocycles. The minimum Gasteiger partial charge on any atom is -0.497 e. The van der Waals surface area contributed by atoms with Crippen molar-refractivity contribution in [1.29, 1.82) is 0 Å². The third-order valence-corrected chi connectivity index (χ3v) is 5.54. The van der Waals surface area contributed by atoms with Crippen LogP contribution in [0.3, 0.4) is 0 Å². The van der Waals surface area contributed by atoms with Gasteiger partial charge in [-0.3, -0.25) is 14.2 Å². The number of rotatable bonds is 4. The topological polar surface area (TPSA) is 51.5 Å². The first-order chi connectivity index (χ1) is 14.9. The SMILES string of the molecule is COc1ccc(-n2cc(C(=O)N(C)c3cc(C)ccc3C)c3ccccc3c2=O)cc1. The molecule has 4 rings (SSSR count). The third-order valence-electron chi connectivity index (χ3n) is 5.54. The summed E-state index contributed by atoms with van der Waals surface area (Å²) < 4.78 is 6.74.